The second-order valence-corrected chi connectivity index (χ2v) is 8.90. The van der Waals surface area contributed by atoms with Gasteiger partial charge in [0.1, 0.15) is 10.5 Å². The number of anilines is 1. The number of amides is 1. The first kappa shape index (κ1) is 23.7. The zero-order valence-electron chi connectivity index (χ0n) is 18.1. The van der Waals surface area contributed by atoms with Gasteiger partial charge in [0, 0.05) is 33.3 Å². The molecule has 0 bridgehead atoms. The molecule has 0 saturated carbocycles. The molecule has 1 aromatic heterocycles. The van der Waals surface area contributed by atoms with Gasteiger partial charge in [-0.1, -0.05) is 47.5 Å². The van der Waals surface area contributed by atoms with Crippen LogP contribution >= 0.6 is 35.4 Å². The number of fused-ring (bicyclic) bond motifs is 2. The summed E-state index contributed by atoms with van der Waals surface area (Å²) in [6.45, 7) is 0. The molecular formula is C25H14Cl2N4O4S. The number of benzene rings is 4. The minimum Gasteiger partial charge on any atom is -0.436 e. The lowest BCUT2D eigenvalue weighted by molar-refractivity contribution is -0.384. The third-order valence-electron chi connectivity index (χ3n) is 5.38. The molecule has 2 N–H and O–H groups in total. The van der Waals surface area contributed by atoms with E-state index in [2.05, 4.69) is 15.6 Å². The van der Waals surface area contributed by atoms with Crippen LogP contribution in [-0.2, 0) is 0 Å². The molecule has 4 aromatic carbocycles. The maximum Gasteiger partial charge on any atom is 0.288 e. The zero-order chi connectivity index (χ0) is 25.4. The normalized spacial score (nSPS) is 10.9. The molecule has 0 aliphatic carbocycles. The van der Waals surface area contributed by atoms with Crippen molar-refractivity contribution in [3.63, 3.8) is 0 Å². The number of hydrogen-bond acceptors (Lipinski definition) is 6. The number of hydrogen-bond donors (Lipinski definition) is 2. The van der Waals surface area contributed by atoms with E-state index in [4.69, 9.17) is 39.8 Å². The monoisotopic (exact) mass is 536 g/mol. The van der Waals surface area contributed by atoms with E-state index < -0.39 is 10.8 Å². The van der Waals surface area contributed by atoms with E-state index in [0.29, 0.717) is 27.7 Å². The molecule has 0 unspecified atom stereocenters. The molecule has 36 heavy (non-hydrogen) atoms. The third kappa shape index (κ3) is 4.59. The largest absolute Gasteiger partial charge is 0.436 e. The topological polar surface area (TPSA) is 110 Å². The zero-order valence-corrected chi connectivity index (χ0v) is 20.4. The molecule has 0 fully saturated rings. The van der Waals surface area contributed by atoms with Crippen LogP contribution in [0.15, 0.2) is 77.2 Å². The van der Waals surface area contributed by atoms with Gasteiger partial charge in [-0.05, 0) is 60.1 Å². The number of carbonyl (C=O) groups excluding carboxylic acids is 1. The van der Waals surface area contributed by atoms with Crippen molar-refractivity contribution in [3.05, 3.63) is 98.5 Å². The molecule has 0 aliphatic heterocycles. The quantitative estimate of drug-likeness (QED) is 0.144. The highest BCUT2D eigenvalue weighted by atomic mass is 35.5. The van der Waals surface area contributed by atoms with Crippen molar-refractivity contribution >= 4 is 79.7 Å². The van der Waals surface area contributed by atoms with Gasteiger partial charge in [-0.2, -0.15) is 0 Å². The Hall–Kier alpha value is -4.05. The molecular weight excluding hydrogens is 523 g/mol. The number of nitrogens with one attached hydrogen (secondary N) is 2. The number of carbonyl (C=O) groups is 1. The Labute approximate surface area is 219 Å². The molecule has 11 heteroatoms. The highest BCUT2D eigenvalue weighted by Gasteiger charge is 2.17. The molecule has 0 atom stereocenters. The smallest absolute Gasteiger partial charge is 0.288 e. The molecule has 8 nitrogen and oxygen atoms in total. The van der Waals surface area contributed by atoms with Crippen LogP contribution < -0.4 is 10.6 Å². The summed E-state index contributed by atoms with van der Waals surface area (Å²) >= 11 is 17.4. The van der Waals surface area contributed by atoms with E-state index in [1.54, 1.807) is 18.2 Å². The highest BCUT2D eigenvalue weighted by molar-refractivity contribution is 7.80. The third-order valence-corrected chi connectivity index (χ3v) is 6.23. The number of aromatic nitrogens is 1. The molecule has 178 valence electrons. The van der Waals surface area contributed by atoms with Crippen molar-refractivity contribution in [1.29, 1.82) is 0 Å². The molecule has 0 aliphatic rings. The van der Waals surface area contributed by atoms with E-state index in [1.807, 2.05) is 36.4 Å². The lowest BCUT2D eigenvalue weighted by Gasteiger charge is -2.09. The van der Waals surface area contributed by atoms with Gasteiger partial charge in [-0.3, -0.25) is 20.2 Å². The molecule has 1 heterocycles. The van der Waals surface area contributed by atoms with E-state index in [1.165, 1.54) is 12.1 Å². The Morgan fingerprint density at radius 3 is 2.56 bits per heavy atom. The Morgan fingerprint density at radius 2 is 1.75 bits per heavy atom. The summed E-state index contributed by atoms with van der Waals surface area (Å²) in [4.78, 5) is 27.5. The minimum absolute atomic E-state index is 0.00404. The summed E-state index contributed by atoms with van der Waals surface area (Å²) in [7, 11) is 0. The van der Waals surface area contributed by atoms with Crippen molar-refractivity contribution in [2.45, 2.75) is 0 Å². The molecule has 5 aromatic rings. The van der Waals surface area contributed by atoms with Crippen LogP contribution in [0.1, 0.15) is 10.4 Å². The van der Waals surface area contributed by atoms with Gasteiger partial charge in [0.05, 0.1) is 4.92 Å². The number of nitro benzene ring substituents is 1. The van der Waals surface area contributed by atoms with Crippen LogP contribution in [0.25, 0.3) is 33.3 Å². The van der Waals surface area contributed by atoms with Crippen molar-refractivity contribution < 1.29 is 14.1 Å². The van der Waals surface area contributed by atoms with E-state index >= 15 is 0 Å². The van der Waals surface area contributed by atoms with Gasteiger partial charge < -0.3 is 9.73 Å². The predicted molar refractivity (Wildman–Crippen MR) is 144 cm³/mol. The van der Waals surface area contributed by atoms with Gasteiger partial charge in [0.25, 0.3) is 11.6 Å². The standard InChI is InChI=1S/C25H14Cl2N4O4S/c26-18-6-2-3-15-16(18)4-1-5-17(15)24-29-20-12-14(8-10-22(20)35-24)28-25(36)30-23(32)13-7-9-19(27)21(11-13)31(33)34/h1-12H,(H2,28,30,32,36). The average Bonchev–Trinajstić information content (AvgIpc) is 3.27. The first-order chi connectivity index (χ1) is 17.3. The van der Waals surface area contributed by atoms with Crippen LogP contribution in [0.5, 0.6) is 0 Å². The van der Waals surface area contributed by atoms with Gasteiger partial charge in [-0.25, -0.2) is 4.98 Å². The lowest BCUT2D eigenvalue weighted by atomic mass is 10.0. The summed E-state index contributed by atoms with van der Waals surface area (Å²) in [6, 6.07) is 20.3. The molecule has 5 rings (SSSR count). The summed E-state index contributed by atoms with van der Waals surface area (Å²) in [5, 5.41) is 18.9. The van der Waals surface area contributed by atoms with Crippen LogP contribution in [-0.4, -0.2) is 20.9 Å². The summed E-state index contributed by atoms with van der Waals surface area (Å²) < 4.78 is 5.97. The molecule has 0 saturated heterocycles. The van der Waals surface area contributed by atoms with Gasteiger partial charge in [0.15, 0.2) is 10.7 Å². The average molecular weight is 537 g/mol. The van der Waals surface area contributed by atoms with Crippen LogP contribution in [0.2, 0.25) is 10.0 Å². The molecule has 1 amide bonds. The number of thiocarbonyl (C=S) groups is 1. The summed E-state index contributed by atoms with van der Waals surface area (Å²) in [5.41, 5.74) is 2.19. The van der Waals surface area contributed by atoms with Crippen molar-refractivity contribution in [2.24, 2.45) is 0 Å². The summed E-state index contributed by atoms with van der Waals surface area (Å²) in [6.07, 6.45) is 0. The fourth-order valence-corrected chi connectivity index (χ4v) is 4.34. The van der Waals surface area contributed by atoms with E-state index in [-0.39, 0.29) is 21.4 Å². The van der Waals surface area contributed by atoms with Crippen molar-refractivity contribution in [2.75, 3.05) is 5.32 Å². The lowest BCUT2D eigenvalue weighted by Crippen LogP contribution is -2.34. The fraction of sp³-hybridized carbons (Fsp3) is 0. The number of nitrogens with zero attached hydrogens (tertiary/aromatic N) is 2. The van der Waals surface area contributed by atoms with Crippen molar-refractivity contribution in [3.8, 4) is 11.5 Å². The Bertz CT molecular complexity index is 1700. The van der Waals surface area contributed by atoms with E-state index in [9.17, 15) is 14.9 Å². The second kappa shape index (κ2) is 9.54. The van der Waals surface area contributed by atoms with Crippen LogP contribution in [0.4, 0.5) is 11.4 Å². The number of nitro groups is 1. The Balaban J connectivity index is 1.36. The number of oxazole rings is 1. The molecule has 0 spiro atoms. The van der Waals surface area contributed by atoms with Crippen molar-refractivity contribution in [1.82, 2.24) is 10.3 Å². The Kier molecular flexibility index (Phi) is 6.27. The van der Waals surface area contributed by atoms with E-state index in [0.717, 1.165) is 22.4 Å². The van der Waals surface area contributed by atoms with Gasteiger partial charge in [-0.15, -0.1) is 0 Å². The maximum absolute atomic E-state index is 12.5. The first-order valence-corrected chi connectivity index (χ1v) is 11.6. The first-order valence-electron chi connectivity index (χ1n) is 10.4. The van der Waals surface area contributed by atoms with Crippen LogP contribution in [0, 0.1) is 10.1 Å². The SMILES string of the molecule is O=C(NC(=S)Nc1ccc2oc(-c3cccc4c(Cl)cccc34)nc2c1)c1ccc(Cl)c([N+](=O)[O-])c1. The summed E-state index contributed by atoms with van der Waals surface area (Å²) in [5.74, 6) is -0.179. The van der Waals surface area contributed by atoms with Crippen LogP contribution in [0.3, 0.4) is 0 Å². The van der Waals surface area contributed by atoms with Gasteiger partial charge in [0.2, 0.25) is 5.89 Å². The highest BCUT2D eigenvalue weighted by Crippen LogP contribution is 2.34. The minimum atomic E-state index is -0.663. The number of rotatable bonds is 4. The predicted octanol–water partition coefficient (Wildman–Crippen LogP) is 6.99. The van der Waals surface area contributed by atoms with Gasteiger partial charge >= 0.3 is 0 Å². The Morgan fingerprint density at radius 1 is 0.972 bits per heavy atom. The maximum atomic E-state index is 12.5. The number of halogens is 2. The fourth-order valence-electron chi connectivity index (χ4n) is 3.71. The second-order valence-electron chi connectivity index (χ2n) is 7.67. The molecule has 0 radical (unpaired) electrons.